The SMILES string of the molecule is CC(C=O)N[P@](=O)(Oc1ccccc1)Oc1c(F)c(F)c(F)c(F)c1F. The van der Waals surface area contributed by atoms with Gasteiger partial charge in [0.2, 0.25) is 34.8 Å². The number of hydrogen-bond acceptors (Lipinski definition) is 4. The lowest BCUT2D eigenvalue weighted by molar-refractivity contribution is -0.108. The molecule has 0 fully saturated rings. The minimum atomic E-state index is -4.76. The standard InChI is InChI=1S/C15H11F5NO4P/c1-8(7-22)21-26(23,24-9-5-3-2-4-6-9)25-15-13(19)11(17)10(16)12(18)14(15)20/h2-8H,1H3,(H,21,23)/t8?,26-/m0/s1. The molecule has 5 nitrogen and oxygen atoms in total. The van der Waals surface area contributed by atoms with Gasteiger partial charge in [-0.15, -0.1) is 0 Å². The van der Waals surface area contributed by atoms with Gasteiger partial charge in [-0.25, -0.2) is 17.7 Å². The van der Waals surface area contributed by atoms with Gasteiger partial charge in [0.05, 0.1) is 6.04 Å². The van der Waals surface area contributed by atoms with Gasteiger partial charge in [-0.3, -0.25) is 0 Å². The van der Waals surface area contributed by atoms with Gasteiger partial charge >= 0.3 is 7.75 Å². The van der Waals surface area contributed by atoms with Crippen molar-refractivity contribution in [1.82, 2.24) is 5.09 Å². The van der Waals surface area contributed by atoms with Crippen molar-refractivity contribution in [3.8, 4) is 11.5 Å². The summed E-state index contributed by atoms with van der Waals surface area (Å²) in [6, 6.07) is 5.89. The fourth-order valence-corrected chi connectivity index (χ4v) is 3.26. The zero-order valence-corrected chi connectivity index (χ0v) is 13.9. The first-order valence-corrected chi connectivity index (χ1v) is 8.51. The van der Waals surface area contributed by atoms with Crippen molar-refractivity contribution >= 4 is 14.0 Å². The molecule has 0 aromatic heterocycles. The molecule has 0 heterocycles. The van der Waals surface area contributed by atoms with Crippen LogP contribution in [0, 0.1) is 29.1 Å². The first-order chi connectivity index (χ1) is 12.2. The molecule has 0 saturated carbocycles. The van der Waals surface area contributed by atoms with Crippen LogP contribution in [-0.4, -0.2) is 12.3 Å². The molecule has 0 radical (unpaired) electrons. The van der Waals surface area contributed by atoms with Gasteiger partial charge in [0.15, 0.2) is 0 Å². The lowest BCUT2D eigenvalue weighted by Gasteiger charge is -2.22. The van der Waals surface area contributed by atoms with Crippen LogP contribution >= 0.6 is 7.75 Å². The summed E-state index contributed by atoms with van der Waals surface area (Å²) in [6.07, 6.45) is 0.267. The largest absolute Gasteiger partial charge is 0.513 e. The van der Waals surface area contributed by atoms with E-state index in [-0.39, 0.29) is 12.0 Å². The predicted octanol–water partition coefficient (Wildman–Crippen LogP) is 4.13. The summed E-state index contributed by atoms with van der Waals surface area (Å²) < 4.78 is 89.5. The van der Waals surface area contributed by atoms with E-state index in [1.165, 1.54) is 31.2 Å². The van der Waals surface area contributed by atoms with Crippen LogP contribution in [0.15, 0.2) is 30.3 Å². The Hall–Kier alpha value is -2.45. The van der Waals surface area contributed by atoms with Crippen LogP contribution in [-0.2, 0) is 9.36 Å². The highest BCUT2D eigenvalue weighted by Crippen LogP contribution is 2.47. The second-order valence-electron chi connectivity index (χ2n) is 4.95. The molecule has 2 atom stereocenters. The number of aldehydes is 1. The second-order valence-corrected chi connectivity index (χ2v) is 6.56. The van der Waals surface area contributed by atoms with Gasteiger partial charge < -0.3 is 13.8 Å². The van der Waals surface area contributed by atoms with Crippen LogP contribution in [0.1, 0.15) is 6.92 Å². The molecular weight excluding hydrogens is 384 g/mol. The molecule has 2 aromatic carbocycles. The fraction of sp³-hybridized carbons (Fsp3) is 0.133. The maximum Gasteiger partial charge on any atom is 0.513 e. The van der Waals surface area contributed by atoms with Crippen molar-refractivity contribution < 1.29 is 40.4 Å². The van der Waals surface area contributed by atoms with Gasteiger partial charge in [-0.05, 0) is 19.1 Å². The Kier molecular flexibility index (Phi) is 5.99. The van der Waals surface area contributed by atoms with E-state index in [1.54, 1.807) is 6.07 Å². The van der Waals surface area contributed by atoms with Gasteiger partial charge in [-0.2, -0.15) is 13.9 Å². The first kappa shape index (κ1) is 19.9. The number of carbonyl (C=O) groups is 1. The lowest BCUT2D eigenvalue weighted by Crippen LogP contribution is -2.29. The molecule has 0 aliphatic heterocycles. The Labute approximate surface area is 144 Å². The summed E-state index contributed by atoms with van der Waals surface area (Å²) in [5, 5.41) is 2.02. The van der Waals surface area contributed by atoms with Crippen LogP contribution in [0.3, 0.4) is 0 Å². The van der Waals surface area contributed by atoms with E-state index in [0.717, 1.165) is 0 Å². The van der Waals surface area contributed by atoms with E-state index in [0.29, 0.717) is 0 Å². The third kappa shape index (κ3) is 4.20. The zero-order chi connectivity index (χ0) is 19.5. The number of para-hydroxylation sites is 1. The van der Waals surface area contributed by atoms with E-state index >= 15 is 0 Å². The molecule has 0 spiro atoms. The maximum atomic E-state index is 13.8. The van der Waals surface area contributed by atoms with Gasteiger partial charge in [0.25, 0.3) is 0 Å². The summed E-state index contributed by atoms with van der Waals surface area (Å²) in [5.41, 5.74) is 0. The summed E-state index contributed by atoms with van der Waals surface area (Å²) >= 11 is 0. The molecule has 0 aliphatic rings. The number of halogens is 5. The quantitative estimate of drug-likeness (QED) is 0.251. The van der Waals surface area contributed by atoms with Crippen molar-refractivity contribution in [1.29, 1.82) is 0 Å². The molecular formula is C15H11F5NO4P. The van der Waals surface area contributed by atoms with Crippen LogP contribution in [0.4, 0.5) is 22.0 Å². The van der Waals surface area contributed by atoms with Gasteiger partial charge in [0.1, 0.15) is 12.0 Å². The maximum absolute atomic E-state index is 13.8. The van der Waals surface area contributed by atoms with Crippen LogP contribution in [0.5, 0.6) is 11.5 Å². The topological polar surface area (TPSA) is 64.6 Å². The Morgan fingerprint density at radius 3 is 1.92 bits per heavy atom. The number of benzene rings is 2. The smallest absolute Gasteiger partial charge is 0.405 e. The third-order valence-electron chi connectivity index (χ3n) is 2.92. The number of hydrogen-bond donors (Lipinski definition) is 1. The van der Waals surface area contributed by atoms with E-state index in [9.17, 15) is 31.3 Å². The van der Waals surface area contributed by atoms with Crippen molar-refractivity contribution in [3.63, 3.8) is 0 Å². The molecule has 0 aliphatic carbocycles. The predicted molar refractivity (Wildman–Crippen MR) is 80.2 cm³/mol. The minimum absolute atomic E-state index is 0.106. The highest BCUT2D eigenvalue weighted by Gasteiger charge is 2.36. The lowest BCUT2D eigenvalue weighted by atomic mass is 10.3. The molecule has 11 heteroatoms. The molecule has 0 bridgehead atoms. The number of rotatable bonds is 7. The number of nitrogens with one attached hydrogen (secondary N) is 1. The summed E-state index contributed by atoms with van der Waals surface area (Å²) in [6.45, 7) is 1.20. The van der Waals surface area contributed by atoms with Crippen molar-refractivity contribution in [2.24, 2.45) is 0 Å². The summed E-state index contributed by atoms with van der Waals surface area (Å²) in [7, 11) is -4.76. The van der Waals surface area contributed by atoms with Crippen molar-refractivity contribution in [2.45, 2.75) is 13.0 Å². The van der Waals surface area contributed by atoms with E-state index in [2.05, 4.69) is 4.52 Å². The van der Waals surface area contributed by atoms with Crippen LogP contribution < -0.4 is 14.1 Å². The van der Waals surface area contributed by atoms with Crippen molar-refractivity contribution in [3.05, 3.63) is 59.4 Å². The normalized spacial score (nSPS) is 14.4. The average molecular weight is 395 g/mol. The first-order valence-electron chi connectivity index (χ1n) is 6.97. The molecule has 140 valence electrons. The van der Waals surface area contributed by atoms with E-state index < -0.39 is 48.6 Å². The summed E-state index contributed by atoms with van der Waals surface area (Å²) in [4.78, 5) is 10.8. The average Bonchev–Trinajstić information content (AvgIpc) is 2.62. The monoisotopic (exact) mass is 395 g/mol. The Morgan fingerprint density at radius 2 is 1.42 bits per heavy atom. The van der Waals surface area contributed by atoms with Crippen LogP contribution in [0.25, 0.3) is 0 Å². The molecule has 26 heavy (non-hydrogen) atoms. The van der Waals surface area contributed by atoms with E-state index in [1.807, 2.05) is 5.09 Å². The Morgan fingerprint density at radius 1 is 0.923 bits per heavy atom. The Balaban J connectivity index is 2.48. The molecule has 0 saturated heterocycles. The Bertz CT molecular complexity index is 836. The second kappa shape index (κ2) is 7.84. The van der Waals surface area contributed by atoms with Gasteiger partial charge in [0, 0.05) is 0 Å². The van der Waals surface area contributed by atoms with E-state index in [4.69, 9.17) is 4.52 Å². The molecule has 2 aromatic rings. The number of carbonyl (C=O) groups excluding carboxylic acids is 1. The van der Waals surface area contributed by atoms with Crippen molar-refractivity contribution in [2.75, 3.05) is 0 Å². The fourth-order valence-electron chi connectivity index (χ4n) is 1.76. The molecule has 2 rings (SSSR count). The van der Waals surface area contributed by atoms with Crippen LogP contribution in [0.2, 0.25) is 0 Å². The molecule has 1 N–H and O–H groups in total. The van der Waals surface area contributed by atoms with Gasteiger partial charge in [-0.1, -0.05) is 18.2 Å². The molecule has 0 amide bonds. The summed E-state index contributed by atoms with van der Waals surface area (Å²) in [5.74, 6) is -13.5. The minimum Gasteiger partial charge on any atom is -0.405 e. The molecule has 1 unspecified atom stereocenters. The zero-order valence-electron chi connectivity index (χ0n) is 13.0. The highest BCUT2D eigenvalue weighted by molar-refractivity contribution is 7.52. The third-order valence-corrected chi connectivity index (χ3v) is 4.51. The highest BCUT2D eigenvalue weighted by atomic mass is 31.2.